The van der Waals surface area contributed by atoms with Gasteiger partial charge in [-0.2, -0.15) is 0 Å². The minimum atomic E-state index is -3.35. The van der Waals surface area contributed by atoms with Crippen LogP contribution >= 0.6 is 0 Å². The molecule has 0 amide bonds. The summed E-state index contributed by atoms with van der Waals surface area (Å²) in [5.41, 5.74) is -0.531. The number of sulfonamides is 1. The van der Waals surface area contributed by atoms with Gasteiger partial charge in [0.25, 0.3) is 0 Å². The Balaban J connectivity index is 4.89. The van der Waals surface area contributed by atoms with Crippen molar-refractivity contribution in [1.82, 2.24) is 4.72 Å². The Kier molecular flexibility index (Phi) is 5.14. The van der Waals surface area contributed by atoms with E-state index in [4.69, 9.17) is 0 Å². The molecule has 0 aliphatic carbocycles. The molecule has 0 aromatic carbocycles. The molecule has 0 bridgehead atoms. The smallest absolute Gasteiger partial charge is 0.209 e. The molecule has 0 aliphatic rings. The molecule has 16 heavy (non-hydrogen) atoms. The molecular formula is C11H23NO3S. The number of nitrogens with one attached hydrogen (secondary N) is 1. The van der Waals surface area contributed by atoms with Crippen LogP contribution in [-0.2, 0) is 14.8 Å². The van der Waals surface area contributed by atoms with Gasteiger partial charge in [-0.05, 0) is 12.3 Å². The molecule has 0 aliphatic heterocycles. The van der Waals surface area contributed by atoms with Crippen molar-refractivity contribution in [2.24, 2.45) is 11.3 Å². The van der Waals surface area contributed by atoms with Crippen LogP contribution in [0.5, 0.6) is 0 Å². The van der Waals surface area contributed by atoms with Gasteiger partial charge in [0.05, 0.1) is 12.3 Å². The lowest BCUT2D eigenvalue weighted by Crippen LogP contribution is -2.45. The van der Waals surface area contributed by atoms with Crippen LogP contribution in [0.2, 0.25) is 0 Å². The summed E-state index contributed by atoms with van der Waals surface area (Å²) in [5.74, 6) is 0.206. The lowest BCUT2D eigenvalue weighted by molar-refractivity contribution is -0.128. The van der Waals surface area contributed by atoms with Gasteiger partial charge < -0.3 is 0 Å². The average Bonchev–Trinajstić information content (AvgIpc) is 1.96. The average molecular weight is 249 g/mol. The summed E-state index contributed by atoms with van der Waals surface area (Å²) < 4.78 is 24.8. The molecule has 1 atom stereocenters. The number of hydrogen-bond acceptors (Lipinski definition) is 3. The number of carbonyl (C=O) groups is 1. The van der Waals surface area contributed by atoms with Gasteiger partial charge in [0, 0.05) is 5.41 Å². The van der Waals surface area contributed by atoms with Crippen LogP contribution in [-0.4, -0.2) is 26.5 Å². The summed E-state index contributed by atoms with van der Waals surface area (Å²) in [6.07, 6.45) is 1.61. The van der Waals surface area contributed by atoms with Crippen LogP contribution in [0.15, 0.2) is 0 Å². The molecule has 0 saturated heterocycles. The number of hydrogen-bond donors (Lipinski definition) is 1. The molecule has 0 spiro atoms. The van der Waals surface area contributed by atoms with Crippen molar-refractivity contribution in [3.8, 4) is 0 Å². The van der Waals surface area contributed by atoms with Gasteiger partial charge in [-0.3, -0.25) is 4.79 Å². The molecule has 0 aromatic rings. The molecule has 0 saturated carbocycles. The molecule has 5 heteroatoms. The van der Waals surface area contributed by atoms with E-state index in [9.17, 15) is 13.2 Å². The van der Waals surface area contributed by atoms with Gasteiger partial charge >= 0.3 is 0 Å². The highest BCUT2D eigenvalue weighted by atomic mass is 32.2. The number of rotatable bonds is 5. The van der Waals surface area contributed by atoms with Crippen molar-refractivity contribution in [2.45, 2.75) is 47.1 Å². The maximum atomic E-state index is 12.1. The SMILES string of the molecule is CC(C)C[C@@H](NS(C)(=O)=O)C(=O)C(C)(C)C. The summed E-state index contributed by atoms with van der Waals surface area (Å²) in [5, 5.41) is 0. The van der Waals surface area contributed by atoms with Crippen LogP contribution in [0.25, 0.3) is 0 Å². The zero-order chi connectivity index (χ0) is 13.1. The summed E-state index contributed by atoms with van der Waals surface area (Å²) in [4.78, 5) is 12.1. The number of Topliss-reactive ketones (excluding diaryl/α,β-unsaturated/α-hetero) is 1. The van der Waals surface area contributed by atoms with Gasteiger partial charge in [-0.15, -0.1) is 0 Å². The first-order valence-corrected chi connectivity index (χ1v) is 7.34. The van der Waals surface area contributed by atoms with E-state index in [1.165, 1.54) is 0 Å². The molecule has 0 radical (unpaired) electrons. The zero-order valence-corrected chi connectivity index (χ0v) is 11.8. The monoisotopic (exact) mass is 249 g/mol. The van der Waals surface area contributed by atoms with Gasteiger partial charge in [-0.1, -0.05) is 34.6 Å². The Hall–Kier alpha value is -0.420. The highest BCUT2D eigenvalue weighted by molar-refractivity contribution is 7.88. The van der Waals surface area contributed by atoms with Crippen molar-refractivity contribution >= 4 is 15.8 Å². The van der Waals surface area contributed by atoms with E-state index in [-0.39, 0.29) is 11.7 Å². The first-order valence-electron chi connectivity index (χ1n) is 5.45. The largest absolute Gasteiger partial charge is 0.297 e. The number of ketones is 1. The summed E-state index contributed by atoms with van der Waals surface area (Å²) >= 11 is 0. The van der Waals surface area contributed by atoms with Crippen LogP contribution in [0.4, 0.5) is 0 Å². The minimum absolute atomic E-state index is 0.0633. The van der Waals surface area contributed by atoms with Crippen LogP contribution in [0, 0.1) is 11.3 Å². The topological polar surface area (TPSA) is 63.2 Å². The molecule has 96 valence electrons. The van der Waals surface area contributed by atoms with E-state index < -0.39 is 21.5 Å². The van der Waals surface area contributed by atoms with Crippen LogP contribution in [0.1, 0.15) is 41.0 Å². The van der Waals surface area contributed by atoms with Gasteiger partial charge in [0.15, 0.2) is 5.78 Å². The molecule has 0 unspecified atom stereocenters. The molecule has 1 N–H and O–H groups in total. The predicted octanol–water partition coefficient (Wildman–Crippen LogP) is 1.57. The maximum Gasteiger partial charge on any atom is 0.209 e. The lowest BCUT2D eigenvalue weighted by atomic mass is 9.84. The second kappa shape index (κ2) is 5.27. The fourth-order valence-corrected chi connectivity index (χ4v) is 2.18. The third-order valence-electron chi connectivity index (χ3n) is 2.12. The molecule has 0 fully saturated rings. The standard InChI is InChI=1S/C11H23NO3S/c1-8(2)7-9(12-16(6,14)15)10(13)11(3,4)5/h8-9,12H,7H2,1-6H3/t9-/m1/s1. The highest BCUT2D eigenvalue weighted by Gasteiger charge is 2.31. The first kappa shape index (κ1) is 15.6. The van der Waals surface area contributed by atoms with E-state index in [1.807, 2.05) is 13.8 Å². The van der Waals surface area contributed by atoms with Crippen molar-refractivity contribution in [3.63, 3.8) is 0 Å². The van der Waals surface area contributed by atoms with Crippen molar-refractivity contribution in [2.75, 3.05) is 6.26 Å². The number of carbonyl (C=O) groups excluding carboxylic acids is 1. The summed E-state index contributed by atoms with van der Waals surface area (Å²) in [7, 11) is -3.35. The second-order valence-electron chi connectivity index (χ2n) is 5.69. The quantitative estimate of drug-likeness (QED) is 0.804. The van der Waals surface area contributed by atoms with Crippen molar-refractivity contribution in [1.29, 1.82) is 0 Å². The predicted molar refractivity (Wildman–Crippen MR) is 65.7 cm³/mol. The molecule has 0 aromatic heterocycles. The zero-order valence-electron chi connectivity index (χ0n) is 11.0. The Labute approximate surface area is 98.9 Å². The van der Waals surface area contributed by atoms with E-state index in [0.29, 0.717) is 6.42 Å². The fourth-order valence-electron chi connectivity index (χ4n) is 1.46. The lowest BCUT2D eigenvalue weighted by Gasteiger charge is -2.25. The summed E-state index contributed by atoms with van der Waals surface area (Å²) in [6.45, 7) is 9.33. The van der Waals surface area contributed by atoms with Crippen molar-refractivity contribution < 1.29 is 13.2 Å². The molecule has 0 rings (SSSR count). The third kappa shape index (κ3) is 6.23. The Morgan fingerprint density at radius 2 is 1.69 bits per heavy atom. The van der Waals surface area contributed by atoms with E-state index in [2.05, 4.69) is 4.72 Å². The Morgan fingerprint density at radius 1 is 1.25 bits per heavy atom. The fraction of sp³-hybridized carbons (Fsp3) is 0.909. The van der Waals surface area contributed by atoms with E-state index >= 15 is 0 Å². The summed E-state index contributed by atoms with van der Waals surface area (Å²) in [6, 6.07) is -0.616. The normalized spacial score (nSPS) is 15.2. The van der Waals surface area contributed by atoms with Gasteiger partial charge in [0.1, 0.15) is 0 Å². The molecular weight excluding hydrogens is 226 g/mol. The van der Waals surface area contributed by atoms with E-state index in [1.54, 1.807) is 20.8 Å². The minimum Gasteiger partial charge on any atom is -0.297 e. The van der Waals surface area contributed by atoms with Gasteiger partial charge in [-0.25, -0.2) is 13.1 Å². The molecule has 4 nitrogen and oxygen atoms in total. The second-order valence-corrected chi connectivity index (χ2v) is 7.47. The Bertz CT molecular complexity index is 339. The van der Waals surface area contributed by atoms with Crippen molar-refractivity contribution in [3.05, 3.63) is 0 Å². The molecule has 0 heterocycles. The van der Waals surface area contributed by atoms with Crippen LogP contribution in [0.3, 0.4) is 0 Å². The van der Waals surface area contributed by atoms with Gasteiger partial charge in [0.2, 0.25) is 10.0 Å². The maximum absolute atomic E-state index is 12.1. The van der Waals surface area contributed by atoms with Crippen LogP contribution < -0.4 is 4.72 Å². The highest BCUT2D eigenvalue weighted by Crippen LogP contribution is 2.20. The Morgan fingerprint density at radius 3 is 1.94 bits per heavy atom. The van der Waals surface area contributed by atoms with E-state index in [0.717, 1.165) is 6.26 Å². The first-order chi connectivity index (χ1) is 6.93. The third-order valence-corrected chi connectivity index (χ3v) is 2.83.